The standard InChI is InChI=1S/C15H20N2O3/c16-15(20)12-5-1-2-6-13(12)17-9-3-4-11(10-17)7-8-14(18)19/h1-2,5-6,11H,3-4,7-10H2,(H2,16,20)(H,18,19). The van der Waals surface area contributed by atoms with Crippen LogP contribution in [0.25, 0.3) is 0 Å². The van der Waals surface area contributed by atoms with E-state index >= 15 is 0 Å². The number of carboxylic acid groups (broad SMARTS) is 1. The SMILES string of the molecule is NC(=O)c1ccccc1N1CCCC(CCC(=O)O)C1. The molecule has 3 N–H and O–H groups in total. The second-order valence-electron chi connectivity index (χ2n) is 5.27. The fourth-order valence-electron chi connectivity index (χ4n) is 2.80. The molecule has 0 aromatic heterocycles. The first kappa shape index (κ1) is 14.4. The van der Waals surface area contributed by atoms with Gasteiger partial charge in [0, 0.05) is 25.2 Å². The molecule has 0 bridgehead atoms. The van der Waals surface area contributed by atoms with Crippen LogP contribution in [0.3, 0.4) is 0 Å². The molecule has 0 aliphatic carbocycles. The minimum absolute atomic E-state index is 0.204. The van der Waals surface area contributed by atoms with Crippen molar-refractivity contribution in [1.29, 1.82) is 0 Å². The maximum atomic E-state index is 11.5. The summed E-state index contributed by atoms with van der Waals surface area (Å²) in [6.07, 6.45) is 2.94. The summed E-state index contributed by atoms with van der Waals surface area (Å²) in [5.74, 6) is -0.811. The van der Waals surface area contributed by atoms with Gasteiger partial charge < -0.3 is 15.7 Å². The monoisotopic (exact) mass is 276 g/mol. The topological polar surface area (TPSA) is 83.6 Å². The van der Waals surface area contributed by atoms with E-state index in [2.05, 4.69) is 4.90 Å². The summed E-state index contributed by atoms with van der Waals surface area (Å²) in [6, 6.07) is 7.33. The highest BCUT2D eigenvalue weighted by molar-refractivity contribution is 5.98. The molecule has 1 saturated heterocycles. The summed E-state index contributed by atoms with van der Waals surface area (Å²) in [5, 5.41) is 8.77. The van der Waals surface area contributed by atoms with Gasteiger partial charge in [-0.2, -0.15) is 0 Å². The average Bonchev–Trinajstić information content (AvgIpc) is 2.45. The number of carbonyl (C=O) groups is 2. The van der Waals surface area contributed by atoms with Crippen molar-refractivity contribution in [2.75, 3.05) is 18.0 Å². The van der Waals surface area contributed by atoms with Gasteiger partial charge in [-0.25, -0.2) is 0 Å². The van der Waals surface area contributed by atoms with Gasteiger partial charge in [0.15, 0.2) is 0 Å². The molecular weight excluding hydrogens is 256 g/mol. The molecular formula is C15H20N2O3. The Balaban J connectivity index is 2.09. The number of carbonyl (C=O) groups excluding carboxylic acids is 1. The number of primary amides is 1. The van der Waals surface area contributed by atoms with E-state index < -0.39 is 11.9 Å². The Hall–Kier alpha value is -2.04. The lowest BCUT2D eigenvalue weighted by atomic mass is 9.92. The van der Waals surface area contributed by atoms with E-state index in [9.17, 15) is 9.59 Å². The molecule has 5 nitrogen and oxygen atoms in total. The van der Waals surface area contributed by atoms with Crippen LogP contribution >= 0.6 is 0 Å². The fourth-order valence-corrected chi connectivity index (χ4v) is 2.80. The summed E-state index contributed by atoms with van der Waals surface area (Å²) < 4.78 is 0. The van der Waals surface area contributed by atoms with Gasteiger partial charge in [0.2, 0.25) is 0 Å². The van der Waals surface area contributed by atoms with Crippen LogP contribution < -0.4 is 10.6 Å². The predicted octanol–water partition coefficient (Wildman–Crippen LogP) is 1.87. The summed E-state index contributed by atoms with van der Waals surface area (Å²) in [6.45, 7) is 1.67. The Labute approximate surface area is 118 Å². The Kier molecular flexibility index (Phi) is 4.61. The van der Waals surface area contributed by atoms with E-state index in [4.69, 9.17) is 10.8 Å². The van der Waals surface area contributed by atoms with Gasteiger partial charge in [-0.3, -0.25) is 9.59 Å². The van der Waals surface area contributed by atoms with E-state index in [0.717, 1.165) is 31.6 Å². The first-order valence-corrected chi connectivity index (χ1v) is 6.93. The number of aliphatic carboxylic acids is 1. The van der Waals surface area contributed by atoms with Crippen molar-refractivity contribution in [1.82, 2.24) is 0 Å². The number of hydrogen-bond donors (Lipinski definition) is 2. The van der Waals surface area contributed by atoms with Gasteiger partial charge in [-0.1, -0.05) is 12.1 Å². The van der Waals surface area contributed by atoms with E-state index in [1.807, 2.05) is 12.1 Å². The van der Waals surface area contributed by atoms with Crippen LogP contribution in [0.15, 0.2) is 24.3 Å². The quantitative estimate of drug-likeness (QED) is 0.860. The number of benzene rings is 1. The molecule has 5 heteroatoms. The van der Waals surface area contributed by atoms with Gasteiger partial charge in [0.25, 0.3) is 5.91 Å². The number of nitrogens with two attached hydrogens (primary N) is 1. The summed E-state index contributed by atoms with van der Waals surface area (Å²) >= 11 is 0. The number of amides is 1. The number of hydrogen-bond acceptors (Lipinski definition) is 3. The van der Waals surface area contributed by atoms with Crippen molar-refractivity contribution in [2.24, 2.45) is 11.7 Å². The minimum atomic E-state index is -0.750. The summed E-state index contributed by atoms with van der Waals surface area (Å²) in [5.41, 5.74) is 6.81. The Bertz CT molecular complexity index is 502. The predicted molar refractivity (Wildman–Crippen MR) is 76.8 cm³/mol. The number of piperidine rings is 1. The van der Waals surface area contributed by atoms with Crippen LogP contribution in [0.2, 0.25) is 0 Å². The number of nitrogens with zero attached hydrogens (tertiary/aromatic N) is 1. The van der Waals surface area contributed by atoms with Gasteiger partial charge >= 0.3 is 5.97 Å². The molecule has 1 aliphatic heterocycles. The molecule has 1 amide bonds. The third-order valence-electron chi connectivity index (χ3n) is 3.80. The third kappa shape index (κ3) is 3.50. The molecule has 1 aromatic rings. The van der Waals surface area contributed by atoms with E-state index in [1.165, 1.54) is 0 Å². The Morgan fingerprint density at radius 2 is 2.10 bits per heavy atom. The van der Waals surface area contributed by atoms with Crippen LogP contribution in [-0.4, -0.2) is 30.1 Å². The van der Waals surface area contributed by atoms with Gasteiger partial charge in [-0.05, 0) is 37.3 Å². The summed E-state index contributed by atoms with van der Waals surface area (Å²) in [4.78, 5) is 24.3. The normalized spacial score (nSPS) is 18.8. The van der Waals surface area contributed by atoms with Gasteiger partial charge in [-0.15, -0.1) is 0 Å². The fraction of sp³-hybridized carbons (Fsp3) is 0.467. The Morgan fingerprint density at radius 3 is 2.80 bits per heavy atom. The summed E-state index contributed by atoms with van der Waals surface area (Å²) in [7, 11) is 0. The van der Waals surface area contributed by atoms with E-state index in [1.54, 1.807) is 12.1 Å². The maximum Gasteiger partial charge on any atom is 0.303 e. The molecule has 20 heavy (non-hydrogen) atoms. The molecule has 1 fully saturated rings. The first-order chi connectivity index (χ1) is 9.58. The van der Waals surface area contributed by atoms with Crippen LogP contribution in [0.1, 0.15) is 36.0 Å². The molecule has 0 spiro atoms. The zero-order chi connectivity index (χ0) is 14.5. The van der Waals surface area contributed by atoms with E-state index in [0.29, 0.717) is 17.9 Å². The van der Waals surface area contributed by atoms with Crippen molar-refractivity contribution in [3.63, 3.8) is 0 Å². The lowest BCUT2D eigenvalue weighted by Gasteiger charge is -2.35. The smallest absolute Gasteiger partial charge is 0.303 e. The molecule has 1 unspecified atom stereocenters. The Morgan fingerprint density at radius 1 is 1.35 bits per heavy atom. The molecule has 1 aliphatic rings. The highest BCUT2D eigenvalue weighted by atomic mass is 16.4. The molecule has 0 saturated carbocycles. The van der Waals surface area contributed by atoms with Crippen LogP contribution in [-0.2, 0) is 4.79 Å². The van der Waals surface area contributed by atoms with Gasteiger partial charge in [0.1, 0.15) is 0 Å². The lowest BCUT2D eigenvalue weighted by Crippen LogP contribution is -2.36. The van der Waals surface area contributed by atoms with Crippen LogP contribution in [0.4, 0.5) is 5.69 Å². The van der Waals surface area contributed by atoms with Crippen molar-refractivity contribution >= 4 is 17.6 Å². The number of rotatable bonds is 5. The maximum absolute atomic E-state index is 11.5. The minimum Gasteiger partial charge on any atom is -0.481 e. The van der Waals surface area contributed by atoms with Crippen molar-refractivity contribution in [3.05, 3.63) is 29.8 Å². The van der Waals surface area contributed by atoms with E-state index in [-0.39, 0.29) is 6.42 Å². The van der Waals surface area contributed by atoms with Crippen molar-refractivity contribution < 1.29 is 14.7 Å². The van der Waals surface area contributed by atoms with Crippen molar-refractivity contribution in [2.45, 2.75) is 25.7 Å². The number of carboxylic acids is 1. The zero-order valence-electron chi connectivity index (χ0n) is 11.4. The zero-order valence-corrected chi connectivity index (χ0v) is 11.4. The third-order valence-corrected chi connectivity index (χ3v) is 3.80. The first-order valence-electron chi connectivity index (χ1n) is 6.93. The second kappa shape index (κ2) is 6.41. The highest BCUT2D eigenvalue weighted by Gasteiger charge is 2.23. The molecule has 1 heterocycles. The molecule has 0 radical (unpaired) electrons. The lowest BCUT2D eigenvalue weighted by molar-refractivity contribution is -0.137. The second-order valence-corrected chi connectivity index (χ2v) is 5.27. The van der Waals surface area contributed by atoms with Gasteiger partial charge in [0.05, 0.1) is 5.56 Å². The molecule has 2 rings (SSSR count). The van der Waals surface area contributed by atoms with Crippen LogP contribution in [0.5, 0.6) is 0 Å². The average molecular weight is 276 g/mol. The highest BCUT2D eigenvalue weighted by Crippen LogP contribution is 2.28. The molecule has 1 atom stereocenters. The van der Waals surface area contributed by atoms with Crippen molar-refractivity contribution in [3.8, 4) is 0 Å². The number of para-hydroxylation sites is 1. The number of anilines is 1. The molecule has 108 valence electrons. The van der Waals surface area contributed by atoms with Crippen LogP contribution in [0, 0.1) is 5.92 Å². The largest absolute Gasteiger partial charge is 0.481 e. The molecule has 1 aromatic carbocycles.